The van der Waals surface area contributed by atoms with Crippen LogP contribution in [0.5, 0.6) is 0 Å². The Morgan fingerprint density at radius 3 is 2.00 bits per heavy atom. The molecule has 0 radical (unpaired) electrons. The Morgan fingerprint density at radius 1 is 1.21 bits per heavy atom. The van der Waals surface area contributed by atoms with Crippen molar-refractivity contribution in [3.05, 3.63) is 0 Å². The Kier molecular flexibility index (Phi) is 3.24. The van der Waals surface area contributed by atoms with Crippen LogP contribution in [0.3, 0.4) is 0 Å². The zero-order chi connectivity index (χ0) is 11.0. The van der Waals surface area contributed by atoms with Gasteiger partial charge in [0.25, 0.3) is 0 Å². The number of aliphatic hydroxyl groups is 1. The van der Waals surface area contributed by atoms with E-state index in [1.54, 1.807) is 14.2 Å². The third-order valence-corrected chi connectivity index (χ3v) is 3.33. The number of ether oxygens (including phenoxy) is 2. The van der Waals surface area contributed by atoms with E-state index in [0.717, 1.165) is 12.8 Å². The van der Waals surface area contributed by atoms with Gasteiger partial charge in [-0.25, -0.2) is 0 Å². The molecule has 1 N–H and O–H groups in total. The number of rotatable bonds is 3. The van der Waals surface area contributed by atoms with E-state index in [1.807, 2.05) is 6.92 Å². The fourth-order valence-corrected chi connectivity index (χ4v) is 2.85. The first-order valence-electron chi connectivity index (χ1n) is 5.09. The van der Waals surface area contributed by atoms with Crippen molar-refractivity contribution in [2.24, 2.45) is 10.8 Å². The highest BCUT2D eigenvalue weighted by Gasteiger charge is 2.52. The summed E-state index contributed by atoms with van der Waals surface area (Å²) in [5.41, 5.74) is -0.115. The Morgan fingerprint density at radius 2 is 1.71 bits per heavy atom. The third-order valence-electron chi connectivity index (χ3n) is 3.33. The first kappa shape index (κ1) is 12.0. The van der Waals surface area contributed by atoms with Gasteiger partial charge < -0.3 is 14.6 Å². The molecule has 1 saturated carbocycles. The van der Waals surface area contributed by atoms with E-state index in [9.17, 15) is 5.11 Å². The van der Waals surface area contributed by atoms with Crippen molar-refractivity contribution in [3.63, 3.8) is 0 Å². The van der Waals surface area contributed by atoms with Gasteiger partial charge >= 0.3 is 0 Å². The second-order valence-electron chi connectivity index (χ2n) is 5.37. The van der Waals surface area contributed by atoms with Gasteiger partial charge in [0.15, 0.2) is 6.29 Å². The second-order valence-corrected chi connectivity index (χ2v) is 5.37. The SMILES string of the molecule is COC(OC)[C@]1(C)CC(C)(C)C[C@H]1O. The van der Waals surface area contributed by atoms with Crippen molar-refractivity contribution in [2.75, 3.05) is 14.2 Å². The lowest BCUT2D eigenvalue weighted by molar-refractivity contribution is -0.196. The van der Waals surface area contributed by atoms with Crippen LogP contribution >= 0.6 is 0 Å². The van der Waals surface area contributed by atoms with E-state index in [2.05, 4.69) is 13.8 Å². The molecular formula is C11H22O3. The average Bonchev–Trinajstić information content (AvgIpc) is 2.23. The van der Waals surface area contributed by atoms with Crippen LogP contribution in [0, 0.1) is 10.8 Å². The van der Waals surface area contributed by atoms with E-state index in [-0.39, 0.29) is 23.2 Å². The molecule has 0 aromatic carbocycles. The smallest absolute Gasteiger partial charge is 0.164 e. The summed E-state index contributed by atoms with van der Waals surface area (Å²) in [4.78, 5) is 0. The molecule has 1 fully saturated rings. The minimum atomic E-state index is -0.345. The summed E-state index contributed by atoms with van der Waals surface area (Å²) >= 11 is 0. The Bertz CT molecular complexity index is 199. The van der Waals surface area contributed by atoms with Gasteiger partial charge in [0.2, 0.25) is 0 Å². The quantitative estimate of drug-likeness (QED) is 0.709. The monoisotopic (exact) mass is 202 g/mol. The number of hydrogen-bond donors (Lipinski definition) is 1. The highest BCUT2D eigenvalue weighted by atomic mass is 16.7. The van der Waals surface area contributed by atoms with Gasteiger partial charge in [0.05, 0.1) is 6.10 Å². The summed E-state index contributed by atoms with van der Waals surface area (Å²) in [5, 5.41) is 10.1. The zero-order valence-corrected chi connectivity index (χ0v) is 9.83. The standard InChI is InChI=1S/C11H22O3/c1-10(2)6-8(12)11(3,7-10)9(13-4)14-5/h8-9,12H,6-7H2,1-5H3/t8-,11-/m1/s1. The van der Waals surface area contributed by atoms with Crippen molar-refractivity contribution in [1.82, 2.24) is 0 Å². The van der Waals surface area contributed by atoms with Gasteiger partial charge in [-0.3, -0.25) is 0 Å². The number of hydrogen-bond acceptors (Lipinski definition) is 3. The summed E-state index contributed by atoms with van der Waals surface area (Å²) < 4.78 is 10.5. The number of aliphatic hydroxyl groups excluding tert-OH is 1. The molecule has 84 valence electrons. The van der Waals surface area contributed by atoms with Crippen molar-refractivity contribution in [3.8, 4) is 0 Å². The van der Waals surface area contributed by atoms with Crippen LogP contribution in [-0.4, -0.2) is 31.7 Å². The highest BCUT2D eigenvalue weighted by molar-refractivity contribution is 4.99. The molecule has 0 spiro atoms. The lowest BCUT2D eigenvalue weighted by Gasteiger charge is -2.35. The minimum absolute atomic E-state index is 0.170. The van der Waals surface area contributed by atoms with E-state index in [4.69, 9.17) is 9.47 Å². The lowest BCUT2D eigenvalue weighted by atomic mass is 9.82. The van der Waals surface area contributed by atoms with Crippen molar-refractivity contribution in [2.45, 2.75) is 46.0 Å². The molecule has 0 saturated heterocycles. The molecular weight excluding hydrogens is 180 g/mol. The molecule has 0 aromatic heterocycles. The minimum Gasteiger partial charge on any atom is -0.392 e. The van der Waals surface area contributed by atoms with Gasteiger partial charge in [-0.15, -0.1) is 0 Å². The van der Waals surface area contributed by atoms with Crippen LogP contribution in [-0.2, 0) is 9.47 Å². The molecule has 2 atom stereocenters. The molecule has 14 heavy (non-hydrogen) atoms. The van der Waals surface area contributed by atoms with Gasteiger partial charge in [-0.05, 0) is 18.3 Å². The first-order chi connectivity index (χ1) is 6.35. The van der Waals surface area contributed by atoms with E-state index >= 15 is 0 Å². The van der Waals surface area contributed by atoms with Crippen molar-refractivity contribution >= 4 is 0 Å². The maximum atomic E-state index is 10.1. The predicted octanol–water partition coefficient (Wildman–Crippen LogP) is 1.79. The van der Waals surface area contributed by atoms with E-state index < -0.39 is 0 Å². The summed E-state index contributed by atoms with van der Waals surface area (Å²) in [7, 11) is 3.24. The topological polar surface area (TPSA) is 38.7 Å². The van der Waals surface area contributed by atoms with Crippen LogP contribution in [0.25, 0.3) is 0 Å². The van der Waals surface area contributed by atoms with Gasteiger partial charge in [0.1, 0.15) is 0 Å². The van der Waals surface area contributed by atoms with Gasteiger partial charge in [-0.1, -0.05) is 20.8 Å². The number of methoxy groups -OCH3 is 2. The Balaban J connectivity index is 2.83. The fourth-order valence-electron chi connectivity index (χ4n) is 2.85. The molecule has 1 aliphatic carbocycles. The molecule has 0 heterocycles. The van der Waals surface area contributed by atoms with Crippen molar-refractivity contribution in [1.29, 1.82) is 0 Å². The van der Waals surface area contributed by atoms with Crippen LogP contribution in [0.15, 0.2) is 0 Å². The molecule has 1 rings (SSSR count). The summed E-state index contributed by atoms with van der Waals surface area (Å²) in [6.45, 7) is 6.37. The molecule has 0 aromatic rings. The van der Waals surface area contributed by atoms with Crippen LogP contribution in [0.1, 0.15) is 33.6 Å². The van der Waals surface area contributed by atoms with Gasteiger partial charge in [-0.2, -0.15) is 0 Å². The molecule has 0 unspecified atom stereocenters. The maximum absolute atomic E-state index is 10.1. The van der Waals surface area contributed by atoms with Crippen LogP contribution in [0.2, 0.25) is 0 Å². The predicted molar refractivity (Wildman–Crippen MR) is 54.9 cm³/mol. The first-order valence-corrected chi connectivity index (χ1v) is 5.09. The molecule has 0 aliphatic heterocycles. The van der Waals surface area contributed by atoms with E-state index in [0.29, 0.717) is 0 Å². The zero-order valence-electron chi connectivity index (χ0n) is 9.83. The Hall–Kier alpha value is -0.120. The normalized spacial score (nSPS) is 36.6. The molecule has 0 amide bonds. The van der Waals surface area contributed by atoms with Crippen LogP contribution < -0.4 is 0 Å². The van der Waals surface area contributed by atoms with Gasteiger partial charge in [0, 0.05) is 19.6 Å². The van der Waals surface area contributed by atoms with E-state index in [1.165, 1.54) is 0 Å². The van der Waals surface area contributed by atoms with Crippen LogP contribution in [0.4, 0.5) is 0 Å². The summed E-state index contributed by atoms with van der Waals surface area (Å²) in [5.74, 6) is 0. The summed E-state index contributed by atoms with van der Waals surface area (Å²) in [6, 6.07) is 0. The average molecular weight is 202 g/mol. The Labute approximate surface area is 86.4 Å². The second kappa shape index (κ2) is 3.80. The largest absolute Gasteiger partial charge is 0.392 e. The lowest BCUT2D eigenvalue weighted by Crippen LogP contribution is -2.41. The molecule has 3 heteroatoms. The fraction of sp³-hybridized carbons (Fsp3) is 1.00. The highest BCUT2D eigenvalue weighted by Crippen LogP contribution is 2.51. The maximum Gasteiger partial charge on any atom is 0.164 e. The van der Waals surface area contributed by atoms with Crippen molar-refractivity contribution < 1.29 is 14.6 Å². The molecule has 0 bridgehead atoms. The molecule has 1 aliphatic rings. The summed E-state index contributed by atoms with van der Waals surface area (Å²) in [6.07, 6.45) is 1.07. The molecule has 3 nitrogen and oxygen atoms in total. The third kappa shape index (κ3) is 1.95.